The van der Waals surface area contributed by atoms with Gasteiger partial charge in [0.2, 0.25) is 5.91 Å². The largest absolute Gasteiger partial charge is 0.480 e. The van der Waals surface area contributed by atoms with Crippen molar-refractivity contribution in [1.82, 2.24) is 10.2 Å². The van der Waals surface area contributed by atoms with Crippen molar-refractivity contribution in [2.24, 2.45) is 0 Å². The summed E-state index contributed by atoms with van der Waals surface area (Å²) >= 11 is 2.87. The van der Waals surface area contributed by atoms with Crippen LogP contribution < -0.4 is 5.32 Å². The predicted octanol–water partition coefficient (Wildman–Crippen LogP) is 0.752. The predicted molar refractivity (Wildman–Crippen MR) is 69.5 cm³/mol. The number of piperazine rings is 1. The van der Waals surface area contributed by atoms with Crippen LogP contribution in [0.5, 0.6) is 0 Å². The van der Waals surface area contributed by atoms with Crippen LogP contribution in [0.15, 0.2) is 16.6 Å². The number of hydrogen-bond donors (Lipinski definition) is 2. The number of aliphatic carboxylic acids is 1. The van der Waals surface area contributed by atoms with Gasteiger partial charge in [0, 0.05) is 11.0 Å². The third kappa shape index (κ3) is 3.02. The van der Waals surface area contributed by atoms with Gasteiger partial charge >= 0.3 is 5.97 Å². The Labute approximate surface area is 125 Å². The van der Waals surface area contributed by atoms with Gasteiger partial charge in [-0.15, -0.1) is 0 Å². The Morgan fingerprint density at radius 3 is 2.43 bits per heavy atom. The van der Waals surface area contributed by atoms with Crippen LogP contribution in [-0.2, 0) is 9.59 Å². The van der Waals surface area contributed by atoms with Crippen LogP contribution in [0.25, 0.3) is 0 Å². The molecule has 0 aromatic heterocycles. The number of halogens is 3. The van der Waals surface area contributed by atoms with Crippen LogP contribution in [-0.4, -0.2) is 46.9 Å². The zero-order valence-corrected chi connectivity index (χ0v) is 12.0. The van der Waals surface area contributed by atoms with E-state index in [2.05, 4.69) is 21.2 Å². The highest BCUT2D eigenvalue weighted by Crippen LogP contribution is 2.22. The maximum Gasteiger partial charge on any atom is 0.328 e. The minimum Gasteiger partial charge on any atom is -0.480 e. The first-order valence-electron chi connectivity index (χ1n) is 5.76. The summed E-state index contributed by atoms with van der Waals surface area (Å²) in [5.74, 6) is -5.43. The van der Waals surface area contributed by atoms with Gasteiger partial charge in [-0.05, 0) is 12.1 Å². The zero-order chi connectivity index (χ0) is 15.7. The van der Waals surface area contributed by atoms with Crippen LogP contribution in [0, 0.1) is 11.6 Å². The molecule has 6 nitrogen and oxygen atoms in total. The molecule has 0 aliphatic carbocycles. The summed E-state index contributed by atoms with van der Waals surface area (Å²) in [6, 6.07) is 0.393. The molecular formula is C12H9BrF2N2O4. The van der Waals surface area contributed by atoms with Gasteiger partial charge in [0.05, 0.1) is 0 Å². The first kappa shape index (κ1) is 15.4. The molecule has 0 spiro atoms. The second kappa shape index (κ2) is 5.76. The second-order valence-electron chi connectivity index (χ2n) is 4.34. The van der Waals surface area contributed by atoms with Gasteiger partial charge in [-0.25, -0.2) is 13.6 Å². The van der Waals surface area contributed by atoms with Crippen molar-refractivity contribution in [3.8, 4) is 0 Å². The number of amides is 2. The van der Waals surface area contributed by atoms with Gasteiger partial charge in [-0.3, -0.25) is 9.59 Å². The molecule has 2 N–H and O–H groups in total. The van der Waals surface area contributed by atoms with Crippen LogP contribution in [0.3, 0.4) is 0 Å². The highest BCUT2D eigenvalue weighted by molar-refractivity contribution is 9.10. The summed E-state index contributed by atoms with van der Waals surface area (Å²) in [6.07, 6.45) is 0. The lowest BCUT2D eigenvalue weighted by molar-refractivity contribution is -0.144. The summed E-state index contributed by atoms with van der Waals surface area (Å²) in [5, 5.41) is 11.3. The molecule has 0 bridgehead atoms. The minimum atomic E-state index is -1.38. The molecule has 1 fully saturated rings. The first-order valence-corrected chi connectivity index (χ1v) is 6.55. The van der Waals surface area contributed by atoms with Crippen LogP contribution in [0.2, 0.25) is 0 Å². The molecule has 0 radical (unpaired) electrons. The molecule has 21 heavy (non-hydrogen) atoms. The molecular weight excluding hydrogens is 354 g/mol. The number of carboxylic acids is 1. The van der Waals surface area contributed by atoms with E-state index in [1.165, 1.54) is 0 Å². The van der Waals surface area contributed by atoms with Gasteiger partial charge in [0.25, 0.3) is 5.91 Å². The molecule has 1 saturated heterocycles. The van der Waals surface area contributed by atoms with Crippen molar-refractivity contribution in [3.63, 3.8) is 0 Å². The third-order valence-corrected chi connectivity index (χ3v) is 3.41. The molecule has 1 aliphatic rings. The molecule has 1 unspecified atom stereocenters. The molecule has 2 rings (SSSR count). The average molecular weight is 363 g/mol. The Morgan fingerprint density at radius 2 is 1.90 bits per heavy atom. The monoisotopic (exact) mass is 362 g/mol. The maximum atomic E-state index is 13.8. The molecule has 112 valence electrons. The molecule has 9 heteroatoms. The lowest BCUT2D eigenvalue weighted by Gasteiger charge is -2.32. The zero-order valence-electron chi connectivity index (χ0n) is 10.4. The Kier molecular flexibility index (Phi) is 4.21. The van der Waals surface area contributed by atoms with Gasteiger partial charge < -0.3 is 15.3 Å². The van der Waals surface area contributed by atoms with E-state index in [1.807, 2.05) is 0 Å². The summed E-state index contributed by atoms with van der Waals surface area (Å²) in [4.78, 5) is 35.2. The van der Waals surface area contributed by atoms with E-state index < -0.39 is 47.6 Å². The van der Waals surface area contributed by atoms with Crippen LogP contribution >= 0.6 is 15.9 Å². The van der Waals surface area contributed by atoms with E-state index in [-0.39, 0.29) is 11.0 Å². The highest BCUT2D eigenvalue weighted by Gasteiger charge is 2.37. The number of carbonyl (C=O) groups excluding carboxylic acids is 2. The molecule has 1 heterocycles. The Morgan fingerprint density at radius 1 is 1.33 bits per heavy atom. The van der Waals surface area contributed by atoms with Gasteiger partial charge in [-0.1, -0.05) is 15.9 Å². The number of rotatable bonds is 2. The average Bonchev–Trinajstić information content (AvgIpc) is 2.36. The van der Waals surface area contributed by atoms with Crippen molar-refractivity contribution in [3.05, 3.63) is 33.8 Å². The summed E-state index contributed by atoms with van der Waals surface area (Å²) in [7, 11) is 0. The number of carbonyl (C=O) groups is 3. The topological polar surface area (TPSA) is 86.7 Å². The van der Waals surface area contributed by atoms with E-state index in [0.717, 1.165) is 12.1 Å². The van der Waals surface area contributed by atoms with E-state index in [4.69, 9.17) is 5.11 Å². The van der Waals surface area contributed by atoms with Crippen molar-refractivity contribution in [1.29, 1.82) is 0 Å². The second-order valence-corrected chi connectivity index (χ2v) is 5.25. The number of carboxylic acid groups (broad SMARTS) is 1. The molecule has 1 aromatic rings. The van der Waals surface area contributed by atoms with E-state index in [9.17, 15) is 23.2 Å². The summed E-state index contributed by atoms with van der Waals surface area (Å²) in [5.41, 5.74) is -0.890. The van der Waals surface area contributed by atoms with E-state index in [1.54, 1.807) is 0 Å². The Bertz CT molecular complexity index is 615. The Hall–Kier alpha value is -2.03. The van der Waals surface area contributed by atoms with Gasteiger partial charge in [-0.2, -0.15) is 0 Å². The molecule has 0 saturated carbocycles. The maximum absolute atomic E-state index is 13.8. The van der Waals surface area contributed by atoms with Crippen molar-refractivity contribution >= 4 is 33.7 Å². The summed E-state index contributed by atoms with van der Waals surface area (Å²) < 4.78 is 27.7. The van der Waals surface area contributed by atoms with Gasteiger partial charge in [0.15, 0.2) is 0 Å². The highest BCUT2D eigenvalue weighted by atomic mass is 79.9. The fraction of sp³-hybridized carbons (Fsp3) is 0.250. The fourth-order valence-corrected chi connectivity index (χ4v) is 2.37. The molecule has 1 atom stereocenters. The standard InChI is InChI=1S/C12H9BrF2N2O4/c13-5-1-6(14)10(7(15)2-5)11(19)17-4-9(18)16-3-8(17)12(20)21/h1-2,8H,3-4H2,(H,16,18)(H,20,21). The number of hydrogen-bond acceptors (Lipinski definition) is 3. The lowest BCUT2D eigenvalue weighted by Crippen LogP contribution is -2.59. The fourth-order valence-electron chi connectivity index (χ4n) is 1.97. The van der Waals surface area contributed by atoms with Crippen molar-refractivity contribution in [2.75, 3.05) is 13.1 Å². The van der Waals surface area contributed by atoms with Crippen LogP contribution in [0.4, 0.5) is 8.78 Å². The van der Waals surface area contributed by atoms with Gasteiger partial charge in [0.1, 0.15) is 29.8 Å². The normalized spacial score (nSPS) is 18.3. The third-order valence-electron chi connectivity index (χ3n) is 2.95. The van der Waals surface area contributed by atoms with Crippen molar-refractivity contribution < 1.29 is 28.3 Å². The summed E-state index contributed by atoms with van der Waals surface area (Å²) in [6.45, 7) is -0.898. The van der Waals surface area contributed by atoms with E-state index >= 15 is 0 Å². The number of nitrogens with one attached hydrogen (secondary N) is 1. The quantitative estimate of drug-likeness (QED) is 0.812. The minimum absolute atomic E-state index is 0.0974. The lowest BCUT2D eigenvalue weighted by atomic mass is 10.1. The number of nitrogens with zero attached hydrogens (tertiary/aromatic N) is 1. The molecule has 1 aliphatic heterocycles. The number of benzene rings is 1. The van der Waals surface area contributed by atoms with Crippen molar-refractivity contribution in [2.45, 2.75) is 6.04 Å². The SMILES string of the molecule is O=C1CN(C(=O)c2c(F)cc(Br)cc2F)C(C(=O)O)CN1. The Balaban J connectivity index is 2.41. The first-order chi connectivity index (χ1) is 9.81. The van der Waals surface area contributed by atoms with E-state index in [0.29, 0.717) is 4.90 Å². The van der Waals surface area contributed by atoms with Crippen LogP contribution in [0.1, 0.15) is 10.4 Å². The smallest absolute Gasteiger partial charge is 0.328 e. The molecule has 2 amide bonds. The molecule has 1 aromatic carbocycles.